The van der Waals surface area contributed by atoms with Gasteiger partial charge in [0.2, 0.25) is 0 Å². The Labute approximate surface area is 353 Å². The van der Waals surface area contributed by atoms with E-state index in [1.807, 2.05) is 115 Å². The first-order valence-electron chi connectivity index (χ1n) is 20.6. The van der Waals surface area contributed by atoms with Crippen LogP contribution in [-0.2, 0) is 12.8 Å². The largest absolute Gasteiger partial charge is 0.497 e. The Morgan fingerprint density at radius 1 is 0.433 bits per heavy atom. The van der Waals surface area contributed by atoms with Gasteiger partial charge in [0.05, 0.1) is 50.2 Å². The number of ether oxygens (including phenoxy) is 4. The molecule has 0 unspecified atom stereocenters. The maximum Gasteiger partial charge on any atom is 0.163 e. The van der Waals surface area contributed by atoms with Gasteiger partial charge in [0.15, 0.2) is 5.82 Å². The van der Waals surface area contributed by atoms with Crippen LogP contribution in [0.3, 0.4) is 0 Å². The molecule has 5 aromatic carbocycles. The van der Waals surface area contributed by atoms with Crippen molar-refractivity contribution in [2.24, 2.45) is 20.5 Å². The molecule has 0 aliphatic carbocycles. The Kier molecular flexibility index (Phi) is 16.9. The third-order valence-electron chi connectivity index (χ3n) is 9.64. The van der Waals surface area contributed by atoms with Crippen LogP contribution in [0, 0.1) is 0 Å². The minimum absolute atomic E-state index is 0.660. The second kappa shape index (κ2) is 23.6. The van der Waals surface area contributed by atoms with Gasteiger partial charge in [0.1, 0.15) is 34.6 Å². The number of azo groups is 2. The molecule has 0 aliphatic heterocycles. The Balaban J connectivity index is 0.892. The standard InChI is InChI=1S/C49H53N7O4/c1-4-37-15-17-38(18-16-37)49-51-47(13-9-5-7-11-35-59-45-31-23-41(24-32-45)55-53-39-19-27-43(57-2)28-20-39)50-48(52-49)14-10-6-8-12-36-60-46-33-25-42(26-34-46)56-54-40-21-29-44(58-3)30-22-40/h4,15-34H,1,5-14,35-36H2,2-3H3. The summed E-state index contributed by atoms with van der Waals surface area (Å²) in [7, 11) is 3.28. The molecule has 11 heteroatoms. The minimum Gasteiger partial charge on any atom is -0.497 e. The van der Waals surface area contributed by atoms with Gasteiger partial charge in [0, 0.05) is 18.4 Å². The van der Waals surface area contributed by atoms with Gasteiger partial charge < -0.3 is 18.9 Å². The second-order valence-corrected chi connectivity index (χ2v) is 14.1. The van der Waals surface area contributed by atoms with Crippen LogP contribution in [0.25, 0.3) is 17.5 Å². The van der Waals surface area contributed by atoms with Gasteiger partial charge in [-0.1, -0.05) is 62.6 Å². The van der Waals surface area contributed by atoms with Crippen molar-refractivity contribution in [3.8, 4) is 34.4 Å². The van der Waals surface area contributed by atoms with Crippen molar-refractivity contribution in [2.45, 2.75) is 64.2 Å². The lowest BCUT2D eigenvalue weighted by atomic mass is 10.1. The number of nitrogens with zero attached hydrogens (tertiary/aromatic N) is 7. The second-order valence-electron chi connectivity index (χ2n) is 14.1. The average molecular weight is 804 g/mol. The lowest BCUT2D eigenvalue weighted by molar-refractivity contribution is 0.304. The molecule has 0 bridgehead atoms. The molecule has 0 N–H and O–H groups in total. The van der Waals surface area contributed by atoms with Crippen molar-refractivity contribution in [3.63, 3.8) is 0 Å². The average Bonchev–Trinajstić information content (AvgIpc) is 3.30. The van der Waals surface area contributed by atoms with E-state index >= 15 is 0 Å². The molecule has 0 saturated heterocycles. The van der Waals surface area contributed by atoms with Crippen LogP contribution in [0.1, 0.15) is 68.6 Å². The number of hydrogen-bond acceptors (Lipinski definition) is 11. The van der Waals surface area contributed by atoms with Crippen molar-refractivity contribution < 1.29 is 18.9 Å². The van der Waals surface area contributed by atoms with Crippen LogP contribution in [0.4, 0.5) is 22.7 Å². The molecule has 0 atom stereocenters. The van der Waals surface area contributed by atoms with E-state index in [0.29, 0.717) is 13.2 Å². The van der Waals surface area contributed by atoms with Gasteiger partial charge in [-0.15, -0.1) is 0 Å². The van der Waals surface area contributed by atoms with Crippen LogP contribution >= 0.6 is 0 Å². The predicted octanol–water partition coefficient (Wildman–Crippen LogP) is 13.4. The van der Waals surface area contributed by atoms with Gasteiger partial charge in [-0.3, -0.25) is 0 Å². The van der Waals surface area contributed by atoms with Gasteiger partial charge in [0.25, 0.3) is 0 Å². The van der Waals surface area contributed by atoms with E-state index in [1.54, 1.807) is 14.2 Å². The monoisotopic (exact) mass is 803 g/mol. The molecule has 0 fully saturated rings. The van der Waals surface area contributed by atoms with E-state index in [-0.39, 0.29) is 0 Å². The summed E-state index contributed by atoms with van der Waals surface area (Å²) in [6.07, 6.45) is 11.7. The molecular weight excluding hydrogens is 751 g/mol. The first kappa shape index (κ1) is 42.8. The molecular formula is C49H53N7O4. The highest BCUT2D eigenvalue weighted by atomic mass is 16.5. The van der Waals surface area contributed by atoms with E-state index in [9.17, 15) is 0 Å². The van der Waals surface area contributed by atoms with E-state index in [1.165, 1.54) is 0 Å². The highest BCUT2D eigenvalue weighted by Gasteiger charge is 2.10. The molecule has 0 saturated carbocycles. The quantitative estimate of drug-likeness (QED) is 0.0440. The number of unbranched alkanes of at least 4 members (excludes halogenated alkanes) is 6. The molecule has 6 aromatic rings. The summed E-state index contributed by atoms with van der Waals surface area (Å²) in [4.78, 5) is 14.7. The summed E-state index contributed by atoms with van der Waals surface area (Å²) in [6.45, 7) is 5.20. The van der Waals surface area contributed by atoms with E-state index in [2.05, 4.69) is 39.2 Å². The normalized spacial score (nSPS) is 11.2. The summed E-state index contributed by atoms with van der Waals surface area (Å²) in [5.41, 5.74) is 5.12. The van der Waals surface area contributed by atoms with Crippen molar-refractivity contribution in [2.75, 3.05) is 27.4 Å². The van der Waals surface area contributed by atoms with Gasteiger partial charge in [-0.2, -0.15) is 20.5 Å². The van der Waals surface area contributed by atoms with Crippen LogP contribution in [-0.4, -0.2) is 42.4 Å². The van der Waals surface area contributed by atoms with Gasteiger partial charge in [-0.25, -0.2) is 15.0 Å². The topological polar surface area (TPSA) is 125 Å². The maximum atomic E-state index is 5.99. The summed E-state index contributed by atoms with van der Waals surface area (Å²) >= 11 is 0. The predicted molar refractivity (Wildman–Crippen MR) is 238 cm³/mol. The molecule has 0 aliphatic rings. The van der Waals surface area contributed by atoms with Crippen molar-refractivity contribution in [1.29, 1.82) is 0 Å². The molecule has 0 spiro atoms. The molecule has 1 aromatic heterocycles. The zero-order valence-corrected chi connectivity index (χ0v) is 34.6. The number of rotatable bonds is 24. The number of benzene rings is 5. The lowest BCUT2D eigenvalue weighted by Gasteiger charge is -2.09. The fourth-order valence-corrected chi connectivity index (χ4v) is 6.19. The molecule has 308 valence electrons. The van der Waals surface area contributed by atoms with Crippen LogP contribution in [0.5, 0.6) is 23.0 Å². The molecule has 60 heavy (non-hydrogen) atoms. The van der Waals surface area contributed by atoms with Crippen LogP contribution < -0.4 is 18.9 Å². The van der Waals surface area contributed by atoms with Crippen LogP contribution in [0.2, 0.25) is 0 Å². The third kappa shape index (κ3) is 14.3. The number of hydrogen-bond donors (Lipinski definition) is 0. The van der Waals surface area contributed by atoms with Crippen molar-refractivity contribution in [1.82, 2.24) is 15.0 Å². The lowest BCUT2D eigenvalue weighted by Crippen LogP contribution is -2.06. The number of aryl methyl sites for hydroxylation is 2. The van der Waals surface area contributed by atoms with E-state index < -0.39 is 0 Å². The third-order valence-corrected chi connectivity index (χ3v) is 9.64. The summed E-state index contributed by atoms with van der Waals surface area (Å²) in [5.74, 6) is 5.66. The Hall–Kier alpha value is -6.75. The van der Waals surface area contributed by atoms with E-state index in [4.69, 9.17) is 33.9 Å². The highest BCUT2D eigenvalue weighted by molar-refractivity contribution is 5.59. The Bertz CT molecular complexity index is 2110. The van der Waals surface area contributed by atoms with E-state index in [0.717, 1.165) is 139 Å². The zero-order valence-electron chi connectivity index (χ0n) is 34.6. The summed E-state index contributed by atoms with van der Waals surface area (Å²) in [6, 6.07) is 38.5. The number of aromatic nitrogens is 3. The first-order chi connectivity index (χ1) is 29.6. The van der Waals surface area contributed by atoms with Crippen LogP contribution in [0.15, 0.2) is 148 Å². The molecule has 0 radical (unpaired) electrons. The number of methoxy groups -OCH3 is 2. The first-order valence-corrected chi connectivity index (χ1v) is 20.6. The highest BCUT2D eigenvalue weighted by Crippen LogP contribution is 2.25. The van der Waals surface area contributed by atoms with Crippen molar-refractivity contribution in [3.05, 3.63) is 145 Å². The molecule has 1 heterocycles. The van der Waals surface area contributed by atoms with Gasteiger partial charge in [-0.05, 0) is 128 Å². The van der Waals surface area contributed by atoms with Gasteiger partial charge >= 0.3 is 0 Å². The SMILES string of the molecule is C=Cc1ccc(-c2nc(CCCCCCOc3ccc(N=Nc4ccc(OC)cc4)cc3)nc(CCCCCCOc3ccc(N=Nc4ccc(OC)cc4)cc3)n2)cc1. The summed E-state index contributed by atoms with van der Waals surface area (Å²) < 4.78 is 22.4. The maximum absolute atomic E-state index is 5.99. The fraction of sp³-hybridized carbons (Fsp3) is 0.286. The summed E-state index contributed by atoms with van der Waals surface area (Å²) in [5, 5.41) is 17.2. The van der Waals surface area contributed by atoms with Crippen molar-refractivity contribution >= 4 is 28.8 Å². The smallest absolute Gasteiger partial charge is 0.163 e. The Morgan fingerprint density at radius 3 is 1.17 bits per heavy atom. The molecule has 0 amide bonds. The zero-order chi connectivity index (χ0) is 41.6. The molecule has 11 nitrogen and oxygen atoms in total. The minimum atomic E-state index is 0.660. The Morgan fingerprint density at radius 2 is 0.800 bits per heavy atom. The fourth-order valence-electron chi connectivity index (χ4n) is 6.19. The molecule has 6 rings (SSSR count).